The molecule has 0 aliphatic carbocycles. The van der Waals surface area contributed by atoms with Crippen LogP contribution in [0.1, 0.15) is 0 Å². The second-order valence-electron chi connectivity index (χ2n) is 4.71. The third kappa shape index (κ3) is 2.78. The van der Waals surface area contributed by atoms with E-state index in [-0.39, 0.29) is 23.2 Å². The van der Waals surface area contributed by atoms with Crippen LogP contribution in [0.2, 0.25) is 0 Å². The molecule has 0 spiro atoms. The molecule has 0 bridgehead atoms. The lowest BCUT2D eigenvalue weighted by Gasteiger charge is -1.99. The van der Waals surface area contributed by atoms with E-state index in [4.69, 9.17) is 5.73 Å². The van der Waals surface area contributed by atoms with Crippen LogP contribution >= 0.6 is 15.9 Å². The molecule has 0 fully saturated rings. The van der Waals surface area contributed by atoms with E-state index in [9.17, 15) is 18.5 Å². The summed E-state index contributed by atoms with van der Waals surface area (Å²) in [6.45, 7) is 0. The molecule has 2 heterocycles. The largest absolute Gasteiger partial charge is 0.368 e. The van der Waals surface area contributed by atoms with Gasteiger partial charge in [0.25, 0.3) is 16.6 Å². The first-order valence-corrected chi connectivity index (χ1v) is 8.90. The van der Waals surface area contributed by atoms with E-state index >= 15 is 0 Å². The molecule has 0 saturated heterocycles. The van der Waals surface area contributed by atoms with Crippen LogP contribution in [-0.4, -0.2) is 44.2 Å². The van der Waals surface area contributed by atoms with Crippen molar-refractivity contribution in [1.29, 1.82) is 0 Å². The fourth-order valence-electron chi connectivity index (χ4n) is 1.86. The van der Waals surface area contributed by atoms with Gasteiger partial charge in [-0.2, -0.15) is 19.5 Å². The Bertz CT molecular complexity index is 1100. The second-order valence-corrected chi connectivity index (χ2v) is 7.47. The summed E-state index contributed by atoms with van der Waals surface area (Å²) in [6.07, 6.45) is 0.947. The van der Waals surface area contributed by atoms with Gasteiger partial charge in [-0.05, 0) is 22.0 Å². The van der Waals surface area contributed by atoms with Crippen molar-refractivity contribution in [2.75, 3.05) is 12.0 Å². The predicted molar refractivity (Wildman–Crippen MR) is 85.9 cm³/mol. The highest BCUT2D eigenvalue weighted by Crippen LogP contribution is 2.29. The van der Waals surface area contributed by atoms with E-state index in [0.29, 0.717) is 10.0 Å². The van der Waals surface area contributed by atoms with E-state index in [1.807, 2.05) is 0 Å². The van der Waals surface area contributed by atoms with Gasteiger partial charge in [0.1, 0.15) is 0 Å². The number of halogens is 1. The Morgan fingerprint density at radius 1 is 1.29 bits per heavy atom. The molecule has 124 valence electrons. The summed E-state index contributed by atoms with van der Waals surface area (Å²) < 4.78 is 24.6. The summed E-state index contributed by atoms with van der Waals surface area (Å²) in [5.74, 6) is -0.0937. The Hall–Kier alpha value is -2.67. The first kappa shape index (κ1) is 16.2. The van der Waals surface area contributed by atoms with Crippen LogP contribution in [0.15, 0.2) is 27.8 Å². The van der Waals surface area contributed by atoms with Crippen molar-refractivity contribution in [2.24, 2.45) is 0 Å². The molecule has 1 aromatic carbocycles. The van der Waals surface area contributed by atoms with Crippen molar-refractivity contribution in [3.63, 3.8) is 0 Å². The van der Waals surface area contributed by atoms with Crippen molar-refractivity contribution in [3.05, 3.63) is 32.8 Å². The molecule has 3 aromatic rings. The van der Waals surface area contributed by atoms with Gasteiger partial charge in [0.2, 0.25) is 15.8 Å². The van der Waals surface area contributed by atoms with Gasteiger partial charge in [-0.1, -0.05) is 0 Å². The number of hydrogen-bond acceptors (Lipinski definition) is 9. The molecule has 0 unspecified atom stereocenters. The van der Waals surface area contributed by atoms with Crippen molar-refractivity contribution < 1.29 is 13.3 Å². The Kier molecular flexibility index (Phi) is 3.68. The SMILES string of the molecule is CS(=O)(=O)c1nc(N)n2nc(-c3ccc([N+](=O)[O-])cc3Br)nc2n1. The van der Waals surface area contributed by atoms with Crippen molar-refractivity contribution in [1.82, 2.24) is 24.6 Å². The first-order chi connectivity index (χ1) is 11.2. The number of non-ortho nitro benzene ring substituents is 1. The molecule has 3 rings (SSSR count). The molecular formula is C11H8BrN7O4S. The number of rotatable bonds is 3. The van der Waals surface area contributed by atoms with Crippen LogP contribution < -0.4 is 5.73 Å². The van der Waals surface area contributed by atoms with E-state index in [1.165, 1.54) is 18.2 Å². The van der Waals surface area contributed by atoms with Crippen molar-refractivity contribution >= 4 is 43.2 Å². The molecule has 0 radical (unpaired) electrons. The second kappa shape index (κ2) is 5.45. The number of sulfone groups is 1. The highest BCUT2D eigenvalue weighted by molar-refractivity contribution is 9.10. The molecule has 0 aliphatic rings. The van der Waals surface area contributed by atoms with Gasteiger partial charge in [-0.25, -0.2) is 8.42 Å². The van der Waals surface area contributed by atoms with Crippen LogP contribution in [0.4, 0.5) is 11.6 Å². The summed E-state index contributed by atoms with van der Waals surface area (Å²) in [5, 5.41) is 14.4. The fraction of sp³-hybridized carbons (Fsp3) is 0.0909. The van der Waals surface area contributed by atoms with Crippen LogP contribution in [-0.2, 0) is 9.84 Å². The van der Waals surface area contributed by atoms with Crippen molar-refractivity contribution in [2.45, 2.75) is 5.16 Å². The highest BCUT2D eigenvalue weighted by atomic mass is 79.9. The molecule has 11 nitrogen and oxygen atoms in total. The summed E-state index contributed by atoms with van der Waals surface area (Å²) >= 11 is 3.22. The molecule has 0 saturated carbocycles. The van der Waals surface area contributed by atoms with E-state index in [0.717, 1.165) is 10.8 Å². The summed E-state index contributed by atoms with van der Waals surface area (Å²) in [5.41, 5.74) is 6.04. The van der Waals surface area contributed by atoms with Crippen LogP contribution in [0.25, 0.3) is 17.2 Å². The number of nitrogens with zero attached hydrogens (tertiary/aromatic N) is 6. The Morgan fingerprint density at radius 2 is 2.00 bits per heavy atom. The lowest BCUT2D eigenvalue weighted by atomic mass is 10.2. The number of nitro groups is 1. The van der Waals surface area contributed by atoms with Crippen LogP contribution in [0.5, 0.6) is 0 Å². The number of anilines is 1. The quantitative estimate of drug-likeness (QED) is 0.484. The molecular weight excluding hydrogens is 406 g/mol. The monoisotopic (exact) mass is 413 g/mol. The number of nitrogen functional groups attached to an aromatic ring is 1. The summed E-state index contributed by atoms with van der Waals surface area (Å²) in [6, 6.07) is 4.05. The number of aromatic nitrogens is 5. The summed E-state index contributed by atoms with van der Waals surface area (Å²) in [4.78, 5) is 21.8. The molecule has 0 atom stereocenters. The number of hydrogen-bond donors (Lipinski definition) is 1. The van der Waals surface area contributed by atoms with Crippen LogP contribution in [0.3, 0.4) is 0 Å². The number of fused-ring (bicyclic) bond motifs is 1. The standard InChI is InChI=1S/C11H8BrN7O4S/c1-24(22,23)11-15-9(13)18-10(16-11)14-8(17-18)6-3-2-5(19(20)21)4-7(6)12/h2-4H,1H3,(H2,13,14,15,16,17). The Labute approximate surface area is 142 Å². The maximum atomic E-state index is 11.6. The Balaban J connectivity index is 2.18. The number of nitro benzene ring substituents is 1. The zero-order valence-corrected chi connectivity index (χ0v) is 14.3. The number of nitrogens with two attached hydrogens (primary N) is 1. The predicted octanol–water partition coefficient (Wildman–Crippen LogP) is 0.843. The van der Waals surface area contributed by atoms with Gasteiger partial charge in [0, 0.05) is 28.4 Å². The smallest absolute Gasteiger partial charge is 0.270 e. The van der Waals surface area contributed by atoms with Gasteiger partial charge in [0.15, 0.2) is 5.82 Å². The first-order valence-electron chi connectivity index (χ1n) is 6.21. The minimum Gasteiger partial charge on any atom is -0.368 e. The lowest BCUT2D eigenvalue weighted by Crippen LogP contribution is -2.11. The van der Waals surface area contributed by atoms with E-state index in [1.54, 1.807) is 0 Å². The van der Waals surface area contributed by atoms with Gasteiger partial charge < -0.3 is 5.73 Å². The Morgan fingerprint density at radius 3 is 2.58 bits per heavy atom. The third-order valence-electron chi connectivity index (χ3n) is 2.95. The van der Waals surface area contributed by atoms with Gasteiger partial charge in [-0.15, -0.1) is 5.10 Å². The average Bonchev–Trinajstić information content (AvgIpc) is 2.90. The number of benzene rings is 1. The molecule has 24 heavy (non-hydrogen) atoms. The van der Waals surface area contributed by atoms with E-state index < -0.39 is 19.9 Å². The zero-order valence-electron chi connectivity index (χ0n) is 11.9. The maximum Gasteiger partial charge on any atom is 0.270 e. The maximum absolute atomic E-state index is 11.6. The van der Waals surface area contributed by atoms with Gasteiger partial charge in [0.05, 0.1) is 4.92 Å². The minimum atomic E-state index is -3.66. The zero-order chi connectivity index (χ0) is 17.6. The molecule has 2 aromatic heterocycles. The minimum absolute atomic E-state index is 0.0526. The third-order valence-corrected chi connectivity index (χ3v) is 4.45. The lowest BCUT2D eigenvalue weighted by molar-refractivity contribution is -0.384. The highest BCUT2D eigenvalue weighted by Gasteiger charge is 2.19. The summed E-state index contributed by atoms with van der Waals surface area (Å²) in [7, 11) is -3.66. The van der Waals surface area contributed by atoms with E-state index in [2.05, 4.69) is 36.0 Å². The van der Waals surface area contributed by atoms with Gasteiger partial charge in [-0.3, -0.25) is 10.1 Å². The molecule has 0 amide bonds. The normalized spacial score (nSPS) is 11.8. The van der Waals surface area contributed by atoms with Crippen LogP contribution in [0, 0.1) is 10.1 Å². The van der Waals surface area contributed by atoms with Gasteiger partial charge >= 0.3 is 0 Å². The topological polar surface area (TPSA) is 159 Å². The average molecular weight is 414 g/mol. The molecule has 0 aliphatic heterocycles. The van der Waals surface area contributed by atoms with Crippen molar-refractivity contribution in [3.8, 4) is 11.4 Å². The fourth-order valence-corrected chi connectivity index (χ4v) is 2.92. The molecule has 2 N–H and O–H groups in total. The molecule has 13 heteroatoms.